The van der Waals surface area contributed by atoms with E-state index in [1.807, 2.05) is 6.07 Å². The second kappa shape index (κ2) is 7.54. The van der Waals surface area contributed by atoms with Crippen molar-refractivity contribution in [2.24, 2.45) is 0 Å². The van der Waals surface area contributed by atoms with Crippen LogP contribution in [-0.2, 0) is 0 Å². The van der Waals surface area contributed by atoms with E-state index in [0.29, 0.717) is 33.2 Å². The fourth-order valence-corrected chi connectivity index (χ4v) is 2.97. The summed E-state index contributed by atoms with van der Waals surface area (Å²) in [5.41, 5.74) is 0.627. The van der Waals surface area contributed by atoms with Crippen LogP contribution < -0.4 is 4.74 Å². The number of nitro groups is 1. The molecule has 7 nitrogen and oxygen atoms in total. The zero-order chi connectivity index (χ0) is 17.8. The zero-order valence-corrected chi connectivity index (χ0v) is 14.6. The third-order valence-electron chi connectivity index (χ3n) is 3.11. The average Bonchev–Trinajstić information content (AvgIpc) is 3.04. The Bertz CT molecular complexity index is 916. The van der Waals surface area contributed by atoms with Gasteiger partial charge in [0, 0.05) is 27.6 Å². The standard InChI is InChI=1S/C16H12ClN3O4S/c1-2-23-14-9-12(6-7-13(14)20(21)22)25-16-19-18-15(24-16)10-4-3-5-11(17)8-10/h3-9H,2H2,1H3. The van der Waals surface area contributed by atoms with Crippen molar-refractivity contribution in [1.29, 1.82) is 0 Å². The molecule has 128 valence electrons. The first-order chi connectivity index (χ1) is 12.1. The first-order valence-electron chi connectivity index (χ1n) is 7.25. The van der Waals surface area contributed by atoms with Gasteiger partial charge in [-0.3, -0.25) is 10.1 Å². The molecule has 25 heavy (non-hydrogen) atoms. The van der Waals surface area contributed by atoms with E-state index in [-0.39, 0.29) is 11.4 Å². The Labute approximate surface area is 152 Å². The number of hydrogen-bond donors (Lipinski definition) is 0. The molecular formula is C16H12ClN3O4S. The molecule has 3 rings (SSSR count). The Hall–Kier alpha value is -2.58. The van der Waals surface area contributed by atoms with E-state index in [4.69, 9.17) is 20.8 Å². The van der Waals surface area contributed by atoms with Crippen LogP contribution >= 0.6 is 23.4 Å². The summed E-state index contributed by atoms with van der Waals surface area (Å²) in [6, 6.07) is 11.7. The minimum atomic E-state index is -0.483. The summed E-state index contributed by atoms with van der Waals surface area (Å²) >= 11 is 7.15. The van der Waals surface area contributed by atoms with Gasteiger partial charge in [-0.1, -0.05) is 17.7 Å². The van der Waals surface area contributed by atoms with Gasteiger partial charge in [0.1, 0.15) is 0 Å². The number of nitro benzene ring substituents is 1. The van der Waals surface area contributed by atoms with Crippen molar-refractivity contribution in [1.82, 2.24) is 10.2 Å². The molecule has 0 N–H and O–H groups in total. The van der Waals surface area contributed by atoms with Crippen LogP contribution in [0, 0.1) is 10.1 Å². The lowest BCUT2D eigenvalue weighted by molar-refractivity contribution is -0.385. The van der Waals surface area contributed by atoms with Gasteiger partial charge >= 0.3 is 5.69 Å². The fraction of sp³-hybridized carbons (Fsp3) is 0.125. The Morgan fingerprint density at radius 3 is 2.84 bits per heavy atom. The van der Waals surface area contributed by atoms with Crippen LogP contribution in [0.1, 0.15) is 6.92 Å². The molecule has 0 spiro atoms. The Balaban J connectivity index is 1.83. The van der Waals surface area contributed by atoms with Gasteiger partial charge in [0.2, 0.25) is 5.89 Å². The van der Waals surface area contributed by atoms with Gasteiger partial charge < -0.3 is 9.15 Å². The summed E-state index contributed by atoms with van der Waals surface area (Å²) in [5, 5.41) is 19.9. The molecule has 1 aromatic heterocycles. The van der Waals surface area contributed by atoms with Crippen LogP contribution in [0.3, 0.4) is 0 Å². The van der Waals surface area contributed by atoms with Crippen molar-refractivity contribution in [3.63, 3.8) is 0 Å². The van der Waals surface area contributed by atoms with E-state index in [1.165, 1.54) is 17.8 Å². The molecule has 0 amide bonds. The highest BCUT2D eigenvalue weighted by Crippen LogP contribution is 2.35. The summed E-state index contributed by atoms with van der Waals surface area (Å²) in [6.07, 6.45) is 0. The largest absolute Gasteiger partial charge is 0.487 e. The predicted molar refractivity (Wildman–Crippen MR) is 93.1 cm³/mol. The molecule has 0 bridgehead atoms. The topological polar surface area (TPSA) is 91.3 Å². The Morgan fingerprint density at radius 2 is 2.12 bits per heavy atom. The van der Waals surface area contributed by atoms with Crippen LogP contribution in [0.25, 0.3) is 11.5 Å². The molecule has 0 unspecified atom stereocenters. The number of benzene rings is 2. The maximum atomic E-state index is 11.0. The molecule has 0 fully saturated rings. The lowest BCUT2D eigenvalue weighted by atomic mass is 10.2. The van der Waals surface area contributed by atoms with Gasteiger partial charge in [0.25, 0.3) is 5.22 Å². The van der Waals surface area contributed by atoms with Crippen LogP contribution in [0.5, 0.6) is 5.75 Å². The van der Waals surface area contributed by atoms with Crippen LogP contribution in [0.4, 0.5) is 5.69 Å². The van der Waals surface area contributed by atoms with Crippen LogP contribution in [0.2, 0.25) is 5.02 Å². The van der Waals surface area contributed by atoms with Crippen molar-refractivity contribution in [2.75, 3.05) is 6.61 Å². The first-order valence-corrected chi connectivity index (χ1v) is 8.45. The van der Waals surface area contributed by atoms with Gasteiger partial charge in [0.05, 0.1) is 11.5 Å². The third-order valence-corrected chi connectivity index (χ3v) is 4.18. The molecule has 0 aliphatic heterocycles. The van der Waals surface area contributed by atoms with E-state index >= 15 is 0 Å². The molecule has 9 heteroatoms. The Morgan fingerprint density at radius 1 is 1.28 bits per heavy atom. The van der Waals surface area contributed by atoms with Gasteiger partial charge in [-0.15, -0.1) is 10.2 Å². The lowest BCUT2D eigenvalue weighted by Crippen LogP contribution is -1.97. The summed E-state index contributed by atoms with van der Waals surface area (Å²) < 4.78 is 10.9. The maximum absolute atomic E-state index is 11.0. The lowest BCUT2D eigenvalue weighted by Gasteiger charge is -2.05. The smallest absolute Gasteiger partial charge is 0.310 e. The van der Waals surface area contributed by atoms with E-state index in [9.17, 15) is 10.1 Å². The molecule has 0 saturated heterocycles. The molecule has 0 saturated carbocycles. The quantitative estimate of drug-likeness (QED) is 0.448. The van der Waals surface area contributed by atoms with E-state index in [0.717, 1.165) is 0 Å². The second-order valence-corrected chi connectivity index (χ2v) is 6.27. The molecular weight excluding hydrogens is 366 g/mol. The van der Waals surface area contributed by atoms with Crippen molar-refractivity contribution in [3.05, 3.63) is 57.6 Å². The van der Waals surface area contributed by atoms with Crippen molar-refractivity contribution in [2.45, 2.75) is 17.0 Å². The average molecular weight is 378 g/mol. The monoisotopic (exact) mass is 377 g/mol. The molecule has 0 aliphatic rings. The summed E-state index contributed by atoms with van der Waals surface area (Å²) in [5.74, 6) is 0.545. The van der Waals surface area contributed by atoms with Gasteiger partial charge in [-0.25, -0.2) is 0 Å². The Kier molecular flexibility index (Phi) is 5.20. The number of halogens is 1. The SMILES string of the molecule is CCOc1cc(Sc2nnc(-c3cccc(Cl)c3)o2)ccc1[N+](=O)[O-]. The minimum Gasteiger partial charge on any atom is -0.487 e. The number of aromatic nitrogens is 2. The molecule has 0 aliphatic carbocycles. The molecule has 3 aromatic rings. The zero-order valence-electron chi connectivity index (χ0n) is 13.0. The molecule has 0 atom stereocenters. The molecule has 0 radical (unpaired) electrons. The fourth-order valence-electron chi connectivity index (χ4n) is 2.07. The van der Waals surface area contributed by atoms with E-state index in [2.05, 4.69) is 10.2 Å². The molecule has 2 aromatic carbocycles. The van der Waals surface area contributed by atoms with Crippen molar-refractivity contribution >= 4 is 29.1 Å². The highest BCUT2D eigenvalue weighted by molar-refractivity contribution is 7.99. The van der Waals surface area contributed by atoms with Gasteiger partial charge in [0.15, 0.2) is 5.75 Å². The van der Waals surface area contributed by atoms with Gasteiger partial charge in [-0.2, -0.15) is 0 Å². The van der Waals surface area contributed by atoms with Crippen LogP contribution in [-0.4, -0.2) is 21.7 Å². The summed E-state index contributed by atoms with van der Waals surface area (Å²) in [6.45, 7) is 2.09. The second-order valence-electron chi connectivity index (χ2n) is 4.81. The number of nitrogens with zero attached hydrogens (tertiary/aromatic N) is 3. The highest BCUT2D eigenvalue weighted by atomic mass is 35.5. The van der Waals surface area contributed by atoms with Crippen molar-refractivity contribution in [3.8, 4) is 17.2 Å². The highest BCUT2D eigenvalue weighted by Gasteiger charge is 2.17. The number of hydrogen-bond acceptors (Lipinski definition) is 7. The minimum absolute atomic E-state index is 0.0867. The van der Waals surface area contributed by atoms with E-state index in [1.54, 1.807) is 37.3 Å². The van der Waals surface area contributed by atoms with Crippen molar-refractivity contribution < 1.29 is 14.1 Å². The van der Waals surface area contributed by atoms with E-state index < -0.39 is 4.92 Å². The van der Waals surface area contributed by atoms with Crippen LogP contribution in [0.15, 0.2) is 57.0 Å². The number of ether oxygens (including phenoxy) is 1. The summed E-state index contributed by atoms with van der Waals surface area (Å²) in [7, 11) is 0. The maximum Gasteiger partial charge on any atom is 0.310 e. The summed E-state index contributed by atoms with van der Waals surface area (Å²) in [4.78, 5) is 11.2. The predicted octanol–water partition coefficient (Wildman–Crippen LogP) is 4.85. The first kappa shape index (κ1) is 17.2. The van der Waals surface area contributed by atoms with Gasteiger partial charge in [-0.05, 0) is 43.0 Å². The third kappa shape index (κ3) is 4.09. The molecule has 1 heterocycles. The normalized spacial score (nSPS) is 10.6. The number of rotatable bonds is 6.